The van der Waals surface area contributed by atoms with Crippen molar-refractivity contribution < 1.29 is 32.9 Å². The standard InChI is InChI=1S/C67H133N2O6P/c1-6-8-10-12-14-16-18-20-22-24-26-28-30-32-34-35-37-39-41-43-45-47-49-51-53-55-57-59-61-67(71)68-65(64-75-76(72,73)74-63-62-69(3,4)5)66(70)60-58-56-54-52-50-48-46-44-42-40-38-36-33-31-29-27-25-23-21-19-17-15-13-11-9-7-2/h50,52,58,60,65-66,70H,6-49,51,53-57,59,61-64H2,1-5H3,(H-,68,71,72,73)/b52-50+,60-58+. The Morgan fingerprint density at radius 3 is 1.07 bits per heavy atom. The maximum absolute atomic E-state index is 13.0. The van der Waals surface area contributed by atoms with E-state index >= 15 is 0 Å². The highest BCUT2D eigenvalue weighted by Gasteiger charge is 2.23. The van der Waals surface area contributed by atoms with Crippen LogP contribution in [0.2, 0.25) is 0 Å². The van der Waals surface area contributed by atoms with Gasteiger partial charge in [0.05, 0.1) is 39.9 Å². The Balaban J connectivity index is 4.10. The first-order valence-corrected chi connectivity index (χ1v) is 35.2. The highest BCUT2D eigenvalue weighted by Crippen LogP contribution is 2.38. The van der Waals surface area contributed by atoms with Crippen LogP contribution in [0.4, 0.5) is 0 Å². The molecule has 0 heterocycles. The van der Waals surface area contributed by atoms with Crippen LogP contribution in [0.3, 0.4) is 0 Å². The molecule has 0 radical (unpaired) electrons. The number of hydrogen-bond donors (Lipinski definition) is 2. The van der Waals surface area contributed by atoms with Crippen molar-refractivity contribution in [2.45, 2.75) is 360 Å². The smallest absolute Gasteiger partial charge is 0.268 e. The highest BCUT2D eigenvalue weighted by atomic mass is 31.2. The van der Waals surface area contributed by atoms with Gasteiger partial charge in [-0.1, -0.05) is 334 Å². The van der Waals surface area contributed by atoms with E-state index in [1.165, 1.54) is 289 Å². The van der Waals surface area contributed by atoms with E-state index in [4.69, 9.17) is 9.05 Å². The number of phosphoric ester groups is 1. The van der Waals surface area contributed by atoms with Crippen molar-refractivity contribution in [3.05, 3.63) is 24.3 Å². The van der Waals surface area contributed by atoms with E-state index in [9.17, 15) is 19.4 Å². The monoisotopic (exact) mass is 1090 g/mol. The molecule has 8 nitrogen and oxygen atoms in total. The number of nitrogens with zero attached hydrogens (tertiary/aromatic N) is 1. The summed E-state index contributed by atoms with van der Waals surface area (Å²) in [6.07, 6.45) is 75.8. The summed E-state index contributed by atoms with van der Waals surface area (Å²) in [7, 11) is 1.26. The third kappa shape index (κ3) is 60.6. The van der Waals surface area contributed by atoms with Crippen molar-refractivity contribution >= 4 is 13.7 Å². The van der Waals surface area contributed by atoms with Crippen molar-refractivity contribution in [1.82, 2.24) is 5.32 Å². The zero-order chi connectivity index (χ0) is 55.6. The molecule has 0 bridgehead atoms. The van der Waals surface area contributed by atoms with Crippen LogP contribution in [0, 0.1) is 0 Å². The SMILES string of the molecule is CCCCCCCCCCCCCCCCCCCCCC/C=C/CC/C=C/C(O)C(COP(=O)([O-])OCC[N+](C)(C)C)NC(=O)CCCCCCCCCCCCCCCCCCCCCCCCCCCCCC. The lowest BCUT2D eigenvalue weighted by molar-refractivity contribution is -0.870. The predicted octanol–water partition coefficient (Wildman–Crippen LogP) is 20.5. The Hall–Kier alpha value is -1.02. The van der Waals surface area contributed by atoms with E-state index in [0.717, 1.165) is 38.5 Å². The average Bonchev–Trinajstić information content (AvgIpc) is 3.38. The van der Waals surface area contributed by atoms with Gasteiger partial charge in [-0.25, -0.2) is 0 Å². The lowest BCUT2D eigenvalue weighted by atomic mass is 10.0. The highest BCUT2D eigenvalue weighted by molar-refractivity contribution is 7.45. The third-order valence-electron chi connectivity index (χ3n) is 15.7. The van der Waals surface area contributed by atoms with Gasteiger partial charge < -0.3 is 28.8 Å². The number of quaternary nitrogens is 1. The Bertz CT molecular complexity index is 1290. The van der Waals surface area contributed by atoms with Crippen LogP contribution in [-0.4, -0.2) is 68.5 Å². The van der Waals surface area contributed by atoms with Crippen LogP contribution in [-0.2, 0) is 18.4 Å². The van der Waals surface area contributed by atoms with Crippen molar-refractivity contribution in [2.75, 3.05) is 40.9 Å². The van der Waals surface area contributed by atoms with Gasteiger partial charge in [0.25, 0.3) is 7.82 Å². The van der Waals surface area contributed by atoms with Crippen LogP contribution in [0.15, 0.2) is 24.3 Å². The molecule has 0 rings (SSSR count). The van der Waals surface area contributed by atoms with Gasteiger partial charge in [0.1, 0.15) is 13.2 Å². The number of aliphatic hydroxyl groups excluding tert-OH is 1. The summed E-state index contributed by atoms with van der Waals surface area (Å²) in [6.45, 7) is 4.69. The number of carbonyl (C=O) groups excluding carboxylic acids is 1. The second kappa shape index (κ2) is 58.6. The van der Waals surface area contributed by atoms with E-state index < -0.39 is 20.0 Å². The van der Waals surface area contributed by atoms with Gasteiger partial charge >= 0.3 is 0 Å². The molecule has 3 atom stereocenters. The van der Waals surface area contributed by atoms with Gasteiger partial charge in [0.15, 0.2) is 0 Å². The average molecular weight is 1090 g/mol. The first kappa shape index (κ1) is 75.0. The van der Waals surface area contributed by atoms with E-state index in [-0.39, 0.29) is 19.1 Å². The predicted molar refractivity (Wildman–Crippen MR) is 330 cm³/mol. The minimum absolute atomic E-state index is 0.00346. The minimum atomic E-state index is -4.61. The Morgan fingerprint density at radius 2 is 0.737 bits per heavy atom. The van der Waals surface area contributed by atoms with Gasteiger partial charge in [0.2, 0.25) is 5.91 Å². The zero-order valence-electron chi connectivity index (χ0n) is 51.7. The lowest BCUT2D eigenvalue weighted by Gasteiger charge is -2.29. The number of nitrogens with one attached hydrogen (secondary N) is 1. The van der Waals surface area contributed by atoms with E-state index in [1.54, 1.807) is 6.08 Å². The summed E-state index contributed by atoms with van der Waals surface area (Å²) >= 11 is 0. The number of aliphatic hydroxyl groups is 1. The molecule has 1 amide bonds. The fourth-order valence-electron chi connectivity index (χ4n) is 10.4. The van der Waals surface area contributed by atoms with Crippen LogP contribution < -0.4 is 10.2 Å². The number of likely N-dealkylation sites (N-methyl/N-ethyl adjacent to an activating group) is 1. The van der Waals surface area contributed by atoms with Gasteiger partial charge in [-0.05, 0) is 32.1 Å². The topological polar surface area (TPSA) is 108 Å². The molecule has 0 saturated heterocycles. The number of hydrogen-bond acceptors (Lipinski definition) is 6. The van der Waals surface area contributed by atoms with E-state index in [0.29, 0.717) is 17.4 Å². The normalized spacial score (nSPS) is 13.8. The van der Waals surface area contributed by atoms with Gasteiger partial charge in [-0.3, -0.25) is 9.36 Å². The molecule has 0 aliphatic heterocycles. The number of rotatable bonds is 63. The number of allylic oxidation sites excluding steroid dienone is 3. The molecule has 76 heavy (non-hydrogen) atoms. The largest absolute Gasteiger partial charge is 0.756 e. The molecule has 0 aromatic rings. The number of phosphoric acid groups is 1. The van der Waals surface area contributed by atoms with Crippen molar-refractivity contribution in [2.24, 2.45) is 0 Å². The molecule has 0 aliphatic rings. The molecule has 3 unspecified atom stereocenters. The van der Waals surface area contributed by atoms with Gasteiger partial charge in [0, 0.05) is 6.42 Å². The van der Waals surface area contributed by atoms with Crippen molar-refractivity contribution in [3.8, 4) is 0 Å². The summed E-state index contributed by atoms with van der Waals surface area (Å²) in [4.78, 5) is 25.6. The maximum atomic E-state index is 13.0. The van der Waals surface area contributed by atoms with E-state index in [2.05, 4.69) is 31.3 Å². The second-order valence-electron chi connectivity index (χ2n) is 24.5. The minimum Gasteiger partial charge on any atom is -0.756 e. The Morgan fingerprint density at radius 1 is 0.447 bits per heavy atom. The first-order valence-electron chi connectivity index (χ1n) is 33.7. The molecular weight excluding hydrogens is 960 g/mol. The zero-order valence-corrected chi connectivity index (χ0v) is 52.6. The fraction of sp³-hybridized carbons (Fsp3) is 0.925. The van der Waals surface area contributed by atoms with Crippen LogP contribution in [0.25, 0.3) is 0 Å². The summed E-state index contributed by atoms with van der Waals surface area (Å²) < 4.78 is 23.4. The molecular formula is C67H133N2O6P. The molecule has 452 valence electrons. The quantitative estimate of drug-likeness (QED) is 0.0272. The van der Waals surface area contributed by atoms with Crippen LogP contribution in [0.1, 0.15) is 348 Å². The molecule has 0 aliphatic carbocycles. The van der Waals surface area contributed by atoms with E-state index in [1.807, 2.05) is 27.2 Å². The Labute approximate surface area is 474 Å². The molecule has 9 heteroatoms. The molecule has 0 aromatic carbocycles. The van der Waals surface area contributed by atoms with Crippen LogP contribution in [0.5, 0.6) is 0 Å². The first-order chi connectivity index (χ1) is 37.0. The van der Waals surface area contributed by atoms with Gasteiger partial charge in [-0.2, -0.15) is 0 Å². The van der Waals surface area contributed by atoms with Crippen LogP contribution >= 0.6 is 7.82 Å². The lowest BCUT2D eigenvalue weighted by Crippen LogP contribution is -2.45. The Kier molecular flexibility index (Phi) is 57.8. The number of unbranched alkanes of at least 4 members (excludes halogenated alkanes) is 48. The molecule has 2 N–H and O–H groups in total. The summed E-state index contributed by atoms with van der Waals surface area (Å²) in [5.74, 6) is -0.199. The summed E-state index contributed by atoms with van der Waals surface area (Å²) in [5, 5.41) is 13.9. The molecule has 0 saturated carbocycles. The summed E-state index contributed by atoms with van der Waals surface area (Å²) in [6, 6.07) is -0.901. The third-order valence-corrected chi connectivity index (χ3v) is 16.6. The van der Waals surface area contributed by atoms with Crippen molar-refractivity contribution in [3.63, 3.8) is 0 Å². The maximum Gasteiger partial charge on any atom is 0.268 e. The van der Waals surface area contributed by atoms with Gasteiger partial charge in [-0.15, -0.1) is 0 Å². The molecule has 0 spiro atoms. The number of carbonyl (C=O) groups is 1. The second-order valence-corrected chi connectivity index (χ2v) is 25.9. The fourth-order valence-corrected chi connectivity index (χ4v) is 11.1. The molecule has 0 fully saturated rings. The summed E-state index contributed by atoms with van der Waals surface area (Å²) in [5.41, 5.74) is 0. The molecule has 0 aromatic heterocycles. The van der Waals surface area contributed by atoms with Crippen molar-refractivity contribution in [1.29, 1.82) is 0 Å². The number of amides is 1.